The van der Waals surface area contributed by atoms with Crippen LogP contribution in [0, 0.1) is 0 Å². The van der Waals surface area contributed by atoms with Gasteiger partial charge in [0.1, 0.15) is 24.4 Å². The number of carbonyl (C=O) groups excluding carboxylic acids is 2. The molecule has 0 aliphatic carbocycles. The summed E-state index contributed by atoms with van der Waals surface area (Å²) in [6, 6.07) is -1.05. The van der Waals surface area contributed by atoms with E-state index in [1.165, 1.54) is 173 Å². The van der Waals surface area contributed by atoms with E-state index in [4.69, 9.17) is 14.2 Å². The van der Waals surface area contributed by atoms with Gasteiger partial charge in [0.05, 0.1) is 25.4 Å². The van der Waals surface area contributed by atoms with Crippen LogP contribution >= 0.6 is 0 Å². The molecule has 454 valence electrons. The van der Waals surface area contributed by atoms with Crippen LogP contribution in [0.25, 0.3) is 0 Å². The number of aliphatic hydroxyl groups excluding tert-OH is 5. The molecule has 0 spiro atoms. The smallest absolute Gasteiger partial charge is 0.306 e. The second-order valence-corrected chi connectivity index (χ2v) is 22.5. The molecule has 11 heteroatoms. The zero-order valence-corrected chi connectivity index (χ0v) is 50.3. The summed E-state index contributed by atoms with van der Waals surface area (Å²) in [5, 5.41) is 56.9. The van der Waals surface area contributed by atoms with Gasteiger partial charge < -0.3 is 45.1 Å². The van der Waals surface area contributed by atoms with Crippen molar-refractivity contribution in [2.45, 2.75) is 339 Å². The van der Waals surface area contributed by atoms with Gasteiger partial charge in [0, 0.05) is 6.42 Å². The highest BCUT2D eigenvalue weighted by atomic mass is 16.7. The number of aliphatic hydroxyl groups is 5. The predicted molar refractivity (Wildman–Crippen MR) is 324 cm³/mol. The quantitative estimate of drug-likeness (QED) is 0.0195. The highest BCUT2D eigenvalue weighted by Crippen LogP contribution is 2.26. The van der Waals surface area contributed by atoms with Crippen LogP contribution in [0.2, 0.25) is 0 Å². The lowest BCUT2D eigenvalue weighted by atomic mass is 9.99. The number of unbranched alkanes of at least 4 members (excludes halogenated alkanes) is 33. The predicted octanol–water partition coefficient (Wildman–Crippen LogP) is 15.8. The van der Waals surface area contributed by atoms with Gasteiger partial charge in [-0.05, 0) is 64.2 Å². The molecule has 1 fully saturated rings. The molecule has 0 radical (unpaired) electrons. The van der Waals surface area contributed by atoms with Crippen LogP contribution in [0.1, 0.15) is 290 Å². The minimum atomic E-state index is -1.62. The van der Waals surface area contributed by atoms with Crippen molar-refractivity contribution in [3.8, 4) is 0 Å². The lowest BCUT2D eigenvalue weighted by molar-refractivity contribution is -0.305. The highest BCUT2D eigenvalue weighted by Gasteiger charge is 2.47. The summed E-state index contributed by atoms with van der Waals surface area (Å²) in [7, 11) is 0. The van der Waals surface area contributed by atoms with Crippen LogP contribution in [0.3, 0.4) is 0 Å². The van der Waals surface area contributed by atoms with E-state index in [1.807, 2.05) is 18.2 Å². The van der Waals surface area contributed by atoms with Crippen molar-refractivity contribution in [3.05, 3.63) is 60.8 Å². The lowest BCUT2D eigenvalue weighted by Gasteiger charge is -2.41. The summed E-state index contributed by atoms with van der Waals surface area (Å²) in [5.41, 5.74) is 0. The maximum atomic E-state index is 13.4. The van der Waals surface area contributed by atoms with Gasteiger partial charge in [0.2, 0.25) is 5.91 Å². The molecule has 1 saturated heterocycles. The maximum Gasteiger partial charge on any atom is 0.306 e. The van der Waals surface area contributed by atoms with E-state index in [9.17, 15) is 35.1 Å². The molecule has 6 N–H and O–H groups in total. The zero-order chi connectivity index (χ0) is 56.8. The van der Waals surface area contributed by atoms with Gasteiger partial charge in [0.15, 0.2) is 12.4 Å². The summed E-state index contributed by atoms with van der Waals surface area (Å²) in [6.45, 7) is 5.75. The fraction of sp³-hybridized carbons (Fsp3) is 0.821. The number of hydrogen-bond donors (Lipinski definition) is 6. The van der Waals surface area contributed by atoms with Crippen molar-refractivity contribution in [2.24, 2.45) is 0 Å². The standard InChI is InChI=1S/C67H121NO10/c1-4-7-10-13-16-19-22-25-27-29-30-31-32-33-35-37-40-43-46-49-52-55-62(72)78-65-64(74)63(73)61(56-69)77-67(65)76-57-58(59(70)53-50-47-44-41-38-24-21-18-15-12-9-6-3)68-66(75)60(71)54-51-48-45-42-39-36-34-28-26-23-20-17-14-11-8-5-2/h17,20,26,28,36,39,45,48,50,53,58-61,63-65,67,69-71,73-74H,4-16,18-19,21-25,27,29-35,37-38,40-44,46-47,49,51-52,54-57H2,1-3H3,(H,68,75)/b20-17-,28-26-,39-36-,48-45-,53-50+. The van der Waals surface area contributed by atoms with Gasteiger partial charge >= 0.3 is 5.97 Å². The third-order valence-electron chi connectivity index (χ3n) is 15.2. The molecule has 0 aromatic heterocycles. The lowest BCUT2D eigenvalue weighted by Crippen LogP contribution is -2.61. The van der Waals surface area contributed by atoms with E-state index < -0.39 is 67.4 Å². The Hall–Kier alpha value is -2.64. The zero-order valence-electron chi connectivity index (χ0n) is 50.3. The fourth-order valence-corrected chi connectivity index (χ4v) is 10.00. The molecule has 11 nitrogen and oxygen atoms in total. The molecule has 1 aliphatic heterocycles. The Balaban J connectivity index is 2.66. The van der Waals surface area contributed by atoms with Crippen molar-refractivity contribution < 1.29 is 49.3 Å². The van der Waals surface area contributed by atoms with Crippen molar-refractivity contribution >= 4 is 11.9 Å². The normalized spacial score (nSPS) is 19.3. The minimum absolute atomic E-state index is 0.120. The Morgan fingerprint density at radius 1 is 0.500 bits per heavy atom. The Morgan fingerprint density at radius 2 is 0.885 bits per heavy atom. The summed E-state index contributed by atoms with van der Waals surface area (Å²) >= 11 is 0. The van der Waals surface area contributed by atoms with Crippen molar-refractivity contribution in [2.75, 3.05) is 13.2 Å². The van der Waals surface area contributed by atoms with Crippen LogP contribution in [-0.2, 0) is 23.8 Å². The Morgan fingerprint density at radius 3 is 1.35 bits per heavy atom. The number of esters is 1. The summed E-state index contributed by atoms with van der Waals surface area (Å²) in [4.78, 5) is 26.5. The number of ether oxygens (including phenoxy) is 3. The van der Waals surface area contributed by atoms with Gasteiger partial charge in [-0.2, -0.15) is 0 Å². The van der Waals surface area contributed by atoms with Crippen LogP contribution in [0.5, 0.6) is 0 Å². The molecule has 0 aromatic rings. The second-order valence-electron chi connectivity index (χ2n) is 22.5. The molecule has 1 amide bonds. The van der Waals surface area contributed by atoms with E-state index in [2.05, 4.69) is 62.5 Å². The molecule has 78 heavy (non-hydrogen) atoms. The molecule has 1 rings (SSSR count). The monoisotopic (exact) mass is 1100 g/mol. The Bertz CT molecular complexity index is 1500. The Kier molecular flexibility index (Phi) is 51.7. The van der Waals surface area contributed by atoms with Crippen LogP contribution < -0.4 is 5.32 Å². The fourth-order valence-electron chi connectivity index (χ4n) is 10.00. The highest BCUT2D eigenvalue weighted by molar-refractivity contribution is 5.80. The number of rotatable bonds is 55. The number of amides is 1. The first-order valence-electron chi connectivity index (χ1n) is 32.6. The van der Waals surface area contributed by atoms with Crippen LogP contribution in [0.4, 0.5) is 0 Å². The first-order valence-corrected chi connectivity index (χ1v) is 32.6. The Labute approximate surface area is 478 Å². The number of hydrogen-bond acceptors (Lipinski definition) is 10. The van der Waals surface area contributed by atoms with Gasteiger partial charge in [-0.3, -0.25) is 9.59 Å². The average Bonchev–Trinajstić information content (AvgIpc) is 3.44. The van der Waals surface area contributed by atoms with E-state index in [0.717, 1.165) is 70.6 Å². The van der Waals surface area contributed by atoms with Crippen molar-refractivity contribution in [1.82, 2.24) is 5.32 Å². The number of nitrogens with one attached hydrogen (secondary N) is 1. The largest absolute Gasteiger partial charge is 0.454 e. The summed E-state index contributed by atoms with van der Waals surface area (Å²) in [5.74, 6) is -1.25. The first kappa shape index (κ1) is 73.4. The molecule has 1 aliphatic rings. The average molecular weight is 1100 g/mol. The van der Waals surface area contributed by atoms with Crippen LogP contribution in [0.15, 0.2) is 60.8 Å². The summed E-state index contributed by atoms with van der Waals surface area (Å²) < 4.78 is 17.6. The third kappa shape index (κ3) is 42.2. The van der Waals surface area contributed by atoms with Gasteiger partial charge in [-0.15, -0.1) is 0 Å². The molecule has 8 unspecified atom stereocenters. The third-order valence-corrected chi connectivity index (χ3v) is 15.2. The van der Waals surface area contributed by atoms with E-state index in [1.54, 1.807) is 6.08 Å². The van der Waals surface area contributed by atoms with E-state index in [-0.39, 0.29) is 19.4 Å². The SMILES string of the molecule is CCCCC/C=C\C/C=C\C/C=C\C/C=C\CCC(O)C(=O)NC(COC1OC(CO)C(O)C(O)C1OC(=O)CCCCCCCCCCCCCCCCCCCCCCC)C(O)/C=C/CCCCCCCCCCCC. The minimum Gasteiger partial charge on any atom is -0.454 e. The maximum absolute atomic E-state index is 13.4. The van der Waals surface area contributed by atoms with Crippen molar-refractivity contribution in [1.29, 1.82) is 0 Å². The van der Waals surface area contributed by atoms with Gasteiger partial charge in [-0.1, -0.05) is 281 Å². The molecular weight excluding hydrogens is 979 g/mol. The molecule has 0 saturated carbocycles. The number of allylic oxidation sites excluding steroid dienone is 9. The molecule has 0 bridgehead atoms. The topological polar surface area (TPSA) is 175 Å². The molecule has 1 heterocycles. The van der Waals surface area contributed by atoms with Crippen molar-refractivity contribution in [3.63, 3.8) is 0 Å². The van der Waals surface area contributed by atoms with E-state index in [0.29, 0.717) is 12.8 Å². The molecule has 0 aromatic carbocycles. The van der Waals surface area contributed by atoms with Crippen LogP contribution in [-0.4, -0.2) is 99.6 Å². The second kappa shape index (κ2) is 54.9. The van der Waals surface area contributed by atoms with Gasteiger partial charge in [0.25, 0.3) is 0 Å². The number of carbonyl (C=O) groups is 2. The first-order chi connectivity index (χ1) is 38.2. The summed E-state index contributed by atoms with van der Waals surface area (Å²) in [6.07, 6.45) is 58.4. The molecule has 8 atom stereocenters. The molecular formula is C67H121NO10. The van der Waals surface area contributed by atoms with E-state index >= 15 is 0 Å². The van der Waals surface area contributed by atoms with Gasteiger partial charge in [-0.25, -0.2) is 0 Å².